The fraction of sp³-hybridized carbons (Fsp3) is 0.833. The lowest BCUT2D eigenvalue weighted by Gasteiger charge is -1.98. The van der Waals surface area contributed by atoms with Gasteiger partial charge in [-0.05, 0) is 0 Å². The van der Waals surface area contributed by atoms with Crippen molar-refractivity contribution >= 4 is 16.1 Å². The molecule has 5 nitrogen and oxygen atoms in total. The molecule has 0 bridgehead atoms. The van der Waals surface area contributed by atoms with Gasteiger partial charge >= 0.3 is 10.4 Å². The van der Waals surface area contributed by atoms with Crippen molar-refractivity contribution in [3.63, 3.8) is 0 Å². The maximum Gasteiger partial charge on any atom is 0.397 e. The Hall–Kier alpha value is -0.460. The second-order valence-corrected chi connectivity index (χ2v) is 3.72. The molecule has 1 N–H and O–H groups in total. The van der Waals surface area contributed by atoms with Gasteiger partial charge in [-0.3, -0.25) is 4.55 Å². The molecule has 0 saturated heterocycles. The Balaban J connectivity index is 3.81. The van der Waals surface area contributed by atoms with Crippen LogP contribution in [0.2, 0.25) is 0 Å². The van der Waals surface area contributed by atoms with E-state index in [4.69, 9.17) is 4.55 Å². The lowest BCUT2D eigenvalue weighted by molar-refractivity contribution is -0.466. The van der Waals surface area contributed by atoms with Crippen LogP contribution >= 0.6 is 0 Å². The topological polar surface area (TPSA) is 66.6 Å². The first-order valence-electron chi connectivity index (χ1n) is 3.44. The summed E-state index contributed by atoms with van der Waals surface area (Å²) in [6.07, 6.45) is 0.479. The second kappa shape index (κ2) is 4.54. The van der Waals surface area contributed by atoms with E-state index in [1.54, 1.807) is 0 Å². The molecule has 0 fully saturated rings. The number of rotatable bonds is 4. The highest BCUT2D eigenvalue weighted by atomic mass is 32.3. The summed E-state index contributed by atoms with van der Waals surface area (Å²) >= 11 is 0. The van der Waals surface area contributed by atoms with Gasteiger partial charge in [0.25, 0.3) is 0 Å². The van der Waals surface area contributed by atoms with Gasteiger partial charge in [0.05, 0.1) is 13.0 Å². The summed E-state index contributed by atoms with van der Waals surface area (Å²) < 4.78 is 34.4. The third kappa shape index (κ3) is 6.26. The minimum absolute atomic E-state index is 0.0250. The first kappa shape index (κ1) is 11.5. The van der Waals surface area contributed by atoms with E-state index in [-0.39, 0.29) is 6.61 Å². The van der Waals surface area contributed by atoms with Crippen molar-refractivity contribution in [2.75, 3.05) is 20.7 Å². The zero-order valence-corrected chi connectivity index (χ0v) is 8.26. The average molecular weight is 196 g/mol. The molecule has 0 saturated carbocycles. The van der Waals surface area contributed by atoms with Crippen LogP contribution in [0.15, 0.2) is 0 Å². The van der Waals surface area contributed by atoms with E-state index in [0.29, 0.717) is 6.42 Å². The van der Waals surface area contributed by atoms with Gasteiger partial charge in [0, 0.05) is 6.92 Å². The molecule has 0 heterocycles. The zero-order valence-electron chi connectivity index (χ0n) is 7.44. The summed E-state index contributed by atoms with van der Waals surface area (Å²) in [6, 6.07) is 0. The van der Waals surface area contributed by atoms with Crippen LogP contribution in [0, 0.1) is 0 Å². The number of hydrogen-bond acceptors (Lipinski definition) is 3. The van der Waals surface area contributed by atoms with E-state index in [0.717, 1.165) is 5.71 Å². The Morgan fingerprint density at radius 1 is 1.50 bits per heavy atom. The van der Waals surface area contributed by atoms with Crippen molar-refractivity contribution < 1.29 is 21.7 Å². The molecule has 0 aromatic heterocycles. The minimum atomic E-state index is -4.28. The van der Waals surface area contributed by atoms with E-state index in [2.05, 4.69) is 4.18 Å². The van der Waals surface area contributed by atoms with Gasteiger partial charge in [-0.15, -0.1) is 0 Å². The van der Waals surface area contributed by atoms with Gasteiger partial charge in [0.1, 0.15) is 14.1 Å². The predicted molar refractivity (Wildman–Crippen MR) is 44.9 cm³/mol. The fourth-order valence-electron chi connectivity index (χ4n) is 0.518. The van der Waals surface area contributed by atoms with Crippen molar-refractivity contribution in [2.45, 2.75) is 13.3 Å². The van der Waals surface area contributed by atoms with Crippen LogP contribution in [0.3, 0.4) is 0 Å². The van der Waals surface area contributed by atoms with Crippen LogP contribution < -0.4 is 0 Å². The number of hydrogen-bond donors (Lipinski definition) is 1. The highest BCUT2D eigenvalue weighted by Gasteiger charge is 2.06. The second-order valence-electron chi connectivity index (χ2n) is 2.63. The molecular formula is C6H14NO4S+. The Bertz CT molecular complexity index is 263. The number of nitrogens with zero attached hydrogens (tertiary/aromatic N) is 1. The molecule has 12 heavy (non-hydrogen) atoms. The molecule has 0 spiro atoms. The van der Waals surface area contributed by atoms with Crippen LogP contribution in [0.5, 0.6) is 0 Å². The van der Waals surface area contributed by atoms with Crippen LogP contribution in [-0.2, 0) is 14.6 Å². The summed E-state index contributed by atoms with van der Waals surface area (Å²) in [5.74, 6) is 0. The van der Waals surface area contributed by atoms with Gasteiger partial charge in [0.2, 0.25) is 0 Å². The van der Waals surface area contributed by atoms with Crippen LogP contribution in [0.1, 0.15) is 13.3 Å². The van der Waals surface area contributed by atoms with E-state index < -0.39 is 10.4 Å². The molecule has 0 aliphatic heterocycles. The van der Waals surface area contributed by atoms with Gasteiger partial charge in [-0.2, -0.15) is 8.42 Å². The highest BCUT2D eigenvalue weighted by molar-refractivity contribution is 7.80. The van der Waals surface area contributed by atoms with Crippen molar-refractivity contribution in [1.82, 2.24) is 0 Å². The monoisotopic (exact) mass is 196 g/mol. The van der Waals surface area contributed by atoms with Crippen LogP contribution in [-0.4, -0.2) is 44.0 Å². The molecule has 6 heteroatoms. The molecule has 0 atom stereocenters. The van der Waals surface area contributed by atoms with Gasteiger partial charge in [0.15, 0.2) is 5.71 Å². The quantitative estimate of drug-likeness (QED) is 0.388. The van der Waals surface area contributed by atoms with Gasteiger partial charge in [-0.25, -0.2) is 8.76 Å². The third-order valence-corrected chi connectivity index (χ3v) is 1.92. The Kier molecular flexibility index (Phi) is 4.36. The molecule has 0 unspecified atom stereocenters. The largest absolute Gasteiger partial charge is 0.397 e. The van der Waals surface area contributed by atoms with Crippen molar-refractivity contribution in [3.8, 4) is 0 Å². The molecule has 0 radical (unpaired) electrons. The van der Waals surface area contributed by atoms with Crippen LogP contribution in [0.4, 0.5) is 0 Å². The summed E-state index contributed by atoms with van der Waals surface area (Å²) in [4.78, 5) is 0. The predicted octanol–water partition coefficient (Wildman–Crippen LogP) is -0.0711. The standard InChI is InChI=1S/C6H13NO4S/c1-6(7(2)3)4-5-11-12(8,9)10/h4-5H2,1-3H3/p+1. The van der Waals surface area contributed by atoms with Crippen LogP contribution in [0.25, 0.3) is 0 Å². The summed E-state index contributed by atoms with van der Waals surface area (Å²) in [5, 5.41) is 0. The van der Waals surface area contributed by atoms with Gasteiger partial charge in [-0.1, -0.05) is 0 Å². The van der Waals surface area contributed by atoms with Crippen molar-refractivity contribution in [1.29, 1.82) is 0 Å². The molecular weight excluding hydrogens is 182 g/mol. The lowest BCUT2D eigenvalue weighted by Crippen LogP contribution is -2.14. The zero-order chi connectivity index (χ0) is 9.78. The average Bonchev–Trinajstić information content (AvgIpc) is 1.84. The van der Waals surface area contributed by atoms with Gasteiger partial charge < -0.3 is 0 Å². The van der Waals surface area contributed by atoms with Crippen molar-refractivity contribution in [3.05, 3.63) is 0 Å². The molecule has 0 aromatic carbocycles. The van der Waals surface area contributed by atoms with E-state index in [1.807, 2.05) is 25.6 Å². The third-order valence-electron chi connectivity index (χ3n) is 1.46. The maximum absolute atomic E-state index is 10.1. The first-order valence-corrected chi connectivity index (χ1v) is 4.81. The molecule has 0 aromatic rings. The fourth-order valence-corrected chi connectivity index (χ4v) is 0.812. The normalized spacial score (nSPS) is 11.3. The summed E-state index contributed by atoms with van der Waals surface area (Å²) in [5.41, 5.74) is 0.985. The van der Waals surface area contributed by atoms with Crippen molar-refractivity contribution in [2.24, 2.45) is 0 Å². The highest BCUT2D eigenvalue weighted by Crippen LogP contribution is 1.91. The maximum atomic E-state index is 10.1. The Morgan fingerprint density at radius 3 is 2.33 bits per heavy atom. The molecule has 0 aliphatic carbocycles. The van der Waals surface area contributed by atoms with E-state index in [1.165, 1.54) is 0 Å². The molecule has 0 amide bonds. The van der Waals surface area contributed by atoms with E-state index >= 15 is 0 Å². The minimum Gasteiger partial charge on any atom is -0.264 e. The Labute approximate surface area is 72.6 Å². The first-order chi connectivity index (χ1) is 5.33. The lowest BCUT2D eigenvalue weighted by atomic mass is 10.3. The molecule has 0 rings (SSSR count). The summed E-state index contributed by atoms with van der Waals surface area (Å²) in [6.45, 7) is 1.83. The molecule has 72 valence electrons. The SMILES string of the molecule is CC(CCOS(=O)(=O)O)=[N+](C)C. The smallest absolute Gasteiger partial charge is 0.264 e. The summed E-state index contributed by atoms with van der Waals surface area (Å²) in [7, 11) is -0.577. The van der Waals surface area contributed by atoms with E-state index in [9.17, 15) is 8.42 Å². The molecule has 0 aliphatic rings. The Morgan fingerprint density at radius 2 is 2.00 bits per heavy atom.